The minimum atomic E-state index is -0.292. The van der Waals surface area contributed by atoms with Crippen LogP contribution in [0, 0.1) is 5.82 Å². The van der Waals surface area contributed by atoms with E-state index in [-0.39, 0.29) is 25.3 Å². The van der Waals surface area contributed by atoms with Gasteiger partial charge in [0.15, 0.2) is 11.5 Å². The SMILES string of the molecule is CC(NCc1cc2cc3c(cc2nc1OCc1cccc(F)c1)OCO3)c1nccs1. The topological polar surface area (TPSA) is 65.5 Å². The minimum absolute atomic E-state index is 0.0866. The molecule has 0 spiro atoms. The first-order valence-electron chi connectivity index (χ1n) is 9.89. The van der Waals surface area contributed by atoms with Crippen molar-refractivity contribution in [3.8, 4) is 17.4 Å². The smallest absolute Gasteiger partial charge is 0.231 e. The fourth-order valence-electron chi connectivity index (χ4n) is 3.42. The maximum atomic E-state index is 13.5. The van der Waals surface area contributed by atoms with Gasteiger partial charge in [-0.05, 0) is 36.8 Å². The average molecular weight is 437 g/mol. The second-order valence-electron chi connectivity index (χ2n) is 7.24. The molecule has 158 valence electrons. The largest absolute Gasteiger partial charge is 0.473 e. The fraction of sp³-hybridized carbons (Fsp3) is 0.217. The average Bonchev–Trinajstić information content (AvgIpc) is 3.46. The van der Waals surface area contributed by atoms with Gasteiger partial charge in [0.05, 0.1) is 11.6 Å². The zero-order chi connectivity index (χ0) is 21.2. The van der Waals surface area contributed by atoms with Crippen LogP contribution in [0.2, 0.25) is 0 Å². The highest BCUT2D eigenvalue weighted by Gasteiger charge is 2.18. The van der Waals surface area contributed by atoms with Crippen molar-refractivity contribution in [2.45, 2.75) is 26.1 Å². The van der Waals surface area contributed by atoms with Crippen LogP contribution < -0.4 is 19.5 Å². The summed E-state index contributed by atoms with van der Waals surface area (Å²) in [4.78, 5) is 9.09. The van der Waals surface area contributed by atoms with Gasteiger partial charge in [0.2, 0.25) is 12.7 Å². The number of pyridine rings is 1. The molecule has 31 heavy (non-hydrogen) atoms. The number of thiazole rings is 1. The van der Waals surface area contributed by atoms with Gasteiger partial charge in [-0.25, -0.2) is 14.4 Å². The van der Waals surface area contributed by atoms with E-state index < -0.39 is 0 Å². The lowest BCUT2D eigenvalue weighted by Gasteiger charge is -2.15. The monoisotopic (exact) mass is 437 g/mol. The number of hydrogen-bond donors (Lipinski definition) is 1. The van der Waals surface area contributed by atoms with Crippen molar-refractivity contribution in [2.75, 3.05) is 6.79 Å². The van der Waals surface area contributed by atoms with Crippen LogP contribution >= 0.6 is 11.3 Å². The highest BCUT2D eigenvalue weighted by molar-refractivity contribution is 7.09. The molecule has 0 amide bonds. The molecule has 0 saturated heterocycles. The van der Waals surface area contributed by atoms with Gasteiger partial charge >= 0.3 is 0 Å². The molecule has 6 nitrogen and oxygen atoms in total. The third-order valence-corrected chi connectivity index (χ3v) is 5.99. The molecule has 0 radical (unpaired) electrons. The van der Waals surface area contributed by atoms with Crippen LogP contribution in [0.4, 0.5) is 4.39 Å². The number of fused-ring (bicyclic) bond motifs is 2. The third-order valence-electron chi connectivity index (χ3n) is 5.03. The van der Waals surface area contributed by atoms with E-state index in [2.05, 4.69) is 17.2 Å². The van der Waals surface area contributed by atoms with Crippen LogP contribution in [0.1, 0.15) is 29.1 Å². The molecule has 2 aromatic heterocycles. The molecular weight excluding hydrogens is 417 g/mol. The number of aromatic nitrogens is 2. The minimum Gasteiger partial charge on any atom is -0.473 e. The summed E-state index contributed by atoms with van der Waals surface area (Å²) in [5, 5.41) is 7.38. The molecular formula is C23H20FN3O3S. The fourth-order valence-corrected chi connectivity index (χ4v) is 4.09. The number of ether oxygens (including phenoxy) is 3. The van der Waals surface area contributed by atoms with Gasteiger partial charge in [0, 0.05) is 35.1 Å². The number of hydrogen-bond acceptors (Lipinski definition) is 7. The molecule has 4 aromatic rings. The van der Waals surface area contributed by atoms with Crippen molar-refractivity contribution in [3.05, 3.63) is 76.0 Å². The molecule has 1 N–H and O–H groups in total. The third kappa shape index (κ3) is 4.30. The summed E-state index contributed by atoms with van der Waals surface area (Å²) in [6, 6.07) is 12.3. The molecule has 2 aromatic carbocycles. The van der Waals surface area contributed by atoms with E-state index in [1.54, 1.807) is 23.6 Å². The Morgan fingerprint density at radius 3 is 2.87 bits per heavy atom. The Hall–Kier alpha value is -3.23. The summed E-state index contributed by atoms with van der Waals surface area (Å²) in [6.07, 6.45) is 1.80. The Balaban J connectivity index is 1.44. The van der Waals surface area contributed by atoms with Crippen LogP contribution in [0.5, 0.6) is 17.4 Å². The first-order valence-corrected chi connectivity index (χ1v) is 10.8. The van der Waals surface area contributed by atoms with Crippen molar-refractivity contribution in [2.24, 2.45) is 0 Å². The first-order chi connectivity index (χ1) is 15.2. The van der Waals surface area contributed by atoms with Crippen LogP contribution in [0.15, 0.2) is 54.0 Å². The van der Waals surface area contributed by atoms with Gasteiger partial charge in [-0.1, -0.05) is 12.1 Å². The molecule has 0 saturated carbocycles. The van der Waals surface area contributed by atoms with Gasteiger partial charge < -0.3 is 19.5 Å². The summed E-state index contributed by atoms with van der Waals surface area (Å²) in [5.41, 5.74) is 2.38. The van der Waals surface area contributed by atoms with E-state index in [9.17, 15) is 4.39 Å². The maximum absolute atomic E-state index is 13.5. The highest BCUT2D eigenvalue weighted by atomic mass is 32.1. The molecule has 1 atom stereocenters. The molecule has 0 bridgehead atoms. The summed E-state index contributed by atoms with van der Waals surface area (Å²) in [5.74, 6) is 1.58. The Kier molecular flexibility index (Phi) is 5.40. The number of benzene rings is 2. The van der Waals surface area contributed by atoms with Crippen molar-refractivity contribution in [1.82, 2.24) is 15.3 Å². The van der Waals surface area contributed by atoms with Crippen LogP contribution in [-0.4, -0.2) is 16.8 Å². The predicted molar refractivity (Wildman–Crippen MR) is 116 cm³/mol. The van der Waals surface area contributed by atoms with E-state index in [4.69, 9.17) is 19.2 Å². The Morgan fingerprint density at radius 1 is 1.19 bits per heavy atom. The zero-order valence-corrected chi connectivity index (χ0v) is 17.6. The normalized spacial score (nSPS) is 13.5. The molecule has 0 aliphatic carbocycles. The molecule has 0 fully saturated rings. The van der Waals surface area contributed by atoms with Crippen molar-refractivity contribution in [1.29, 1.82) is 0 Å². The molecule has 8 heteroatoms. The molecule has 1 aliphatic rings. The lowest BCUT2D eigenvalue weighted by Crippen LogP contribution is -2.18. The van der Waals surface area contributed by atoms with Crippen molar-refractivity contribution in [3.63, 3.8) is 0 Å². The van der Waals surface area contributed by atoms with Crippen molar-refractivity contribution < 1.29 is 18.6 Å². The van der Waals surface area contributed by atoms with Gasteiger partial charge in [-0.15, -0.1) is 11.3 Å². The summed E-state index contributed by atoms with van der Waals surface area (Å²) in [6.45, 7) is 3.03. The summed E-state index contributed by atoms with van der Waals surface area (Å²) >= 11 is 1.61. The van der Waals surface area contributed by atoms with Gasteiger partial charge in [0.25, 0.3) is 0 Å². The van der Waals surface area contributed by atoms with Crippen molar-refractivity contribution >= 4 is 22.2 Å². The van der Waals surface area contributed by atoms with Gasteiger partial charge in [-0.3, -0.25) is 0 Å². The number of nitrogens with one attached hydrogen (secondary N) is 1. The van der Waals surface area contributed by atoms with Gasteiger partial charge in [-0.2, -0.15) is 0 Å². The number of halogens is 1. The quantitative estimate of drug-likeness (QED) is 0.440. The number of nitrogens with zero attached hydrogens (tertiary/aromatic N) is 2. The Labute approximate surface area is 182 Å². The second-order valence-corrected chi connectivity index (χ2v) is 8.17. The molecule has 1 unspecified atom stereocenters. The van der Waals surface area contributed by atoms with E-state index in [0.717, 1.165) is 27.0 Å². The van der Waals surface area contributed by atoms with Crippen LogP contribution in [-0.2, 0) is 13.2 Å². The molecule has 5 rings (SSSR count). The summed E-state index contributed by atoms with van der Waals surface area (Å²) < 4.78 is 30.5. The maximum Gasteiger partial charge on any atom is 0.231 e. The zero-order valence-electron chi connectivity index (χ0n) is 16.8. The van der Waals surface area contributed by atoms with Gasteiger partial charge in [0.1, 0.15) is 17.4 Å². The second kappa shape index (κ2) is 8.49. The molecule has 1 aliphatic heterocycles. The first kappa shape index (κ1) is 19.7. The van der Waals surface area contributed by atoms with E-state index in [1.165, 1.54) is 12.1 Å². The van der Waals surface area contributed by atoms with E-state index in [0.29, 0.717) is 23.9 Å². The van der Waals surface area contributed by atoms with Crippen LogP contribution in [0.3, 0.4) is 0 Å². The van der Waals surface area contributed by atoms with Crippen LogP contribution in [0.25, 0.3) is 10.9 Å². The summed E-state index contributed by atoms with van der Waals surface area (Å²) in [7, 11) is 0. The molecule has 3 heterocycles. The Bertz CT molecular complexity index is 1220. The number of rotatable bonds is 7. The van der Waals surface area contributed by atoms with E-state index in [1.807, 2.05) is 29.6 Å². The van der Waals surface area contributed by atoms with E-state index >= 15 is 0 Å². The Morgan fingerprint density at radius 2 is 2.06 bits per heavy atom. The predicted octanol–water partition coefficient (Wildman–Crippen LogP) is 4.99. The lowest BCUT2D eigenvalue weighted by atomic mass is 10.1. The highest BCUT2D eigenvalue weighted by Crippen LogP contribution is 2.37. The lowest BCUT2D eigenvalue weighted by molar-refractivity contribution is 0.174. The standard InChI is InChI=1S/C23H20FN3O3S/c1-14(23-25-5-6-31-23)26-11-17-8-16-9-20-21(30-13-29-20)10-19(16)27-22(17)28-12-15-3-2-4-18(24)7-15/h2-10,14,26H,11-13H2,1H3.